The molecule has 0 spiro atoms. The Kier molecular flexibility index (Phi) is 2.26. The van der Waals surface area contributed by atoms with Crippen molar-refractivity contribution >= 4 is 24.8 Å². The molecule has 4 fully saturated rings. The van der Waals surface area contributed by atoms with Gasteiger partial charge in [0.15, 0.2) is 0 Å². The topological polar surface area (TPSA) is 34.1 Å². The van der Waals surface area contributed by atoms with E-state index in [0.29, 0.717) is 11.6 Å². The lowest BCUT2D eigenvalue weighted by Gasteiger charge is -2.52. The van der Waals surface area contributed by atoms with Crippen molar-refractivity contribution in [2.24, 2.45) is 11.8 Å². The molecule has 4 bridgehead atoms. The fourth-order valence-corrected chi connectivity index (χ4v) is 7.60. The van der Waals surface area contributed by atoms with E-state index in [9.17, 15) is 9.59 Å². The molecular formula is C15H15O2P. The van der Waals surface area contributed by atoms with Gasteiger partial charge in [0, 0.05) is 23.2 Å². The summed E-state index contributed by atoms with van der Waals surface area (Å²) in [5.74, 6) is 1.34. The molecule has 3 heteroatoms. The highest BCUT2D eigenvalue weighted by Crippen LogP contribution is 2.63. The number of hydrogen-bond acceptors (Lipinski definition) is 2. The molecule has 2 heterocycles. The minimum Gasteiger partial charge on any atom is -0.299 e. The number of carbonyl (C=O) groups is 2. The highest BCUT2D eigenvalue weighted by atomic mass is 31.1. The van der Waals surface area contributed by atoms with Crippen LogP contribution in [0.4, 0.5) is 0 Å². The first-order valence-electron chi connectivity index (χ1n) is 6.66. The van der Waals surface area contributed by atoms with Crippen LogP contribution in [-0.4, -0.2) is 22.9 Å². The first kappa shape index (κ1) is 10.9. The molecule has 0 radical (unpaired) electrons. The van der Waals surface area contributed by atoms with Gasteiger partial charge in [0.25, 0.3) is 0 Å². The zero-order valence-corrected chi connectivity index (χ0v) is 11.0. The fourth-order valence-electron chi connectivity index (χ4n) is 3.99. The second-order valence-electron chi connectivity index (χ2n) is 5.68. The van der Waals surface area contributed by atoms with Gasteiger partial charge in [-0.1, -0.05) is 38.3 Å². The maximum absolute atomic E-state index is 12.4. The van der Waals surface area contributed by atoms with Crippen molar-refractivity contribution in [2.75, 3.05) is 0 Å². The second kappa shape index (κ2) is 3.74. The van der Waals surface area contributed by atoms with E-state index in [4.69, 9.17) is 0 Å². The summed E-state index contributed by atoms with van der Waals surface area (Å²) in [5.41, 5.74) is 0.366. The van der Waals surface area contributed by atoms with Gasteiger partial charge in [-0.2, -0.15) is 0 Å². The van der Waals surface area contributed by atoms with Gasteiger partial charge in [0.2, 0.25) is 0 Å². The van der Waals surface area contributed by atoms with Gasteiger partial charge in [-0.25, -0.2) is 0 Å². The first-order chi connectivity index (χ1) is 8.75. The van der Waals surface area contributed by atoms with E-state index in [1.165, 1.54) is 5.30 Å². The van der Waals surface area contributed by atoms with E-state index in [2.05, 4.69) is 12.1 Å². The SMILES string of the molecule is O=C1C2CC3C(=O)[C@@H](C2)CC1P3c1ccccc1. The minimum absolute atomic E-state index is 0.183. The Labute approximate surface area is 108 Å². The number of Topliss-reactive ketones (excluding diaryl/α,β-unsaturated/α-hetero) is 2. The van der Waals surface area contributed by atoms with Crippen LogP contribution in [0.15, 0.2) is 30.3 Å². The molecule has 5 rings (SSSR count). The van der Waals surface area contributed by atoms with Crippen LogP contribution in [0.2, 0.25) is 0 Å². The molecule has 2 aliphatic carbocycles. The zero-order chi connectivity index (χ0) is 12.3. The maximum Gasteiger partial charge on any atom is 0.143 e. The van der Waals surface area contributed by atoms with Crippen molar-refractivity contribution in [3.63, 3.8) is 0 Å². The van der Waals surface area contributed by atoms with E-state index in [1.807, 2.05) is 18.2 Å². The average molecular weight is 258 g/mol. The monoisotopic (exact) mass is 258 g/mol. The van der Waals surface area contributed by atoms with Gasteiger partial charge in [-0.05, 0) is 24.6 Å². The summed E-state index contributed by atoms with van der Waals surface area (Å²) in [5, 5.41) is 1.25. The molecule has 2 aliphatic heterocycles. The quantitative estimate of drug-likeness (QED) is 0.723. The lowest BCUT2D eigenvalue weighted by atomic mass is 9.70. The Morgan fingerprint density at radius 2 is 1.39 bits per heavy atom. The summed E-state index contributed by atoms with van der Waals surface area (Å²) in [6.07, 6.45) is 2.53. The highest BCUT2D eigenvalue weighted by Gasteiger charge is 2.57. The van der Waals surface area contributed by atoms with Gasteiger partial charge in [-0.15, -0.1) is 0 Å². The van der Waals surface area contributed by atoms with Crippen molar-refractivity contribution in [3.05, 3.63) is 30.3 Å². The van der Waals surface area contributed by atoms with Crippen LogP contribution in [0.25, 0.3) is 0 Å². The molecule has 92 valence electrons. The number of rotatable bonds is 1. The molecule has 0 amide bonds. The Bertz CT molecular complexity index is 497. The summed E-state index contributed by atoms with van der Waals surface area (Å²) in [7, 11) is -0.579. The normalized spacial score (nSPS) is 41.4. The molecule has 0 N–H and O–H groups in total. The summed E-state index contributed by atoms with van der Waals surface area (Å²) in [6.45, 7) is 0. The molecule has 2 nitrogen and oxygen atoms in total. The van der Waals surface area contributed by atoms with Crippen LogP contribution in [0.1, 0.15) is 19.3 Å². The number of benzene rings is 1. The third-order valence-electron chi connectivity index (χ3n) is 4.77. The Balaban J connectivity index is 1.80. The predicted molar refractivity (Wildman–Crippen MR) is 71.4 cm³/mol. The van der Waals surface area contributed by atoms with Crippen molar-refractivity contribution in [2.45, 2.75) is 30.6 Å². The molecule has 18 heavy (non-hydrogen) atoms. The Morgan fingerprint density at radius 3 is 1.94 bits per heavy atom. The number of hydrogen-bond donors (Lipinski definition) is 0. The van der Waals surface area contributed by atoms with Crippen molar-refractivity contribution in [3.8, 4) is 0 Å². The highest BCUT2D eigenvalue weighted by molar-refractivity contribution is 7.69. The molecule has 2 saturated heterocycles. The smallest absolute Gasteiger partial charge is 0.143 e. The van der Waals surface area contributed by atoms with Gasteiger partial charge in [0.1, 0.15) is 11.6 Å². The maximum atomic E-state index is 12.4. The predicted octanol–water partition coefficient (Wildman–Crippen LogP) is 2.11. The van der Waals surface area contributed by atoms with E-state index >= 15 is 0 Å². The summed E-state index contributed by atoms with van der Waals surface area (Å²) >= 11 is 0. The molecular weight excluding hydrogens is 243 g/mol. The van der Waals surface area contributed by atoms with Crippen LogP contribution in [0, 0.1) is 11.8 Å². The van der Waals surface area contributed by atoms with E-state index < -0.39 is 7.92 Å². The average Bonchev–Trinajstić information content (AvgIpc) is 2.38. The van der Waals surface area contributed by atoms with Crippen LogP contribution < -0.4 is 5.30 Å². The van der Waals surface area contributed by atoms with Gasteiger partial charge in [0.05, 0.1) is 0 Å². The Hall–Kier alpha value is -1.01. The molecule has 1 aromatic rings. The number of carbonyl (C=O) groups excluding carboxylic acids is 2. The van der Waals surface area contributed by atoms with Gasteiger partial charge in [-0.3, -0.25) is 9.59 Å². The first-order valence-corrected chi connectivity index (χ1v) is 8.14. The fraction of sp³-hybridized carbons (Fsp3) is 0.467. The van der Waals surface area contributed by atoms with Crippen molar-refractivity contribution in [1.82, 2.24) is 0 Å². The van der Waals surface area contributed by atoms with E-state index in [1.54, 1.807) is 0 Å². The Morgan fingerprint density at radius 1 is 0.833 bits per heavy atom. The summed E-state index contributed by atoms with van der Waals surface area (Å²) in [4.78, 5) is 24.7. The van der Waals surface area contributed by atoms with Crippen LogP contribution in [0.3, 0.4) is 0 Å². The van der Waals surface area contributed by atoms with Crippen LogP contribution in [0.5, 0.6) is 0 Å². The van der Waals surface area contributed by atoms with E-state index in [0.717, 1.165) is 19.3 Å². The number of ketones is 2. The zero-order valence-electron chi connectivity index (χ0n) is 10.1. The van der Waals surface area contributed by atoms with Crippen molar-refractivity contribution < 1.29 is 9.59 Å². The molecule has 4 aliphatic rings. The third-order valence-corrected chi connectivity index (χ3v) is 7.94. The van der Waals surface area contributed by atoms with Gasteiger partial charge < -0.3 is 0 Å². The molecule has 5 atom stereocenters. The molecule has 0 aromatic heterocycles. The summed E-state index contributed by atoms with van der Waals surface area (Å²) in [6, 6.07) is 10.3. The van der Waals surface area contributed by atoms with Crippen molar-refractivity contribution in [1.29, 1.82) is 0 Å². The van der Waals surface area contributed by atoms with Crippen LogP contribution in [-0.2, 0) is 9.59 Å². The largest absolute Gasteiger partial charge is 0.299 e. The second-order valence-corrected chi connectivity index (χ2v) is 8.26. The van der Waals surface area contributed by atoms with Crippen LogP contribution >= 0.6 is 7.92 Å². The lowest BCUT2D eigenvalue weighted by molar-refractivity contribution is -0.135. The molecule has 4 unspecified atom stereocenters. The third kappa shape index (κ3) is 1.33. The standard InChI is InChI=1S/C15H15O2P/c16-14-9-6-10-8-13(14)18(12(7-9)15(10)17)11-4-2-1-3-5-11/h1-5,9-10,12-13H,6-8H2/t9-,10?,12?,13?,18?/m0/s1. The lowest BCUT2D eigenvalue weighted by Crippen LogP contribution is -2.55. The minimum atomic E-state index is -0.579. The summed E-state index contributed by atoms with van der Waals surface area (Å²) < 4.78 is 0. The van der Waals surface area contributed by atoms with E-state index in [-0.39, 0.29) is 23.2 Å². The molecule has 1 aromatic carbocycles. The van der Waals surface area contributed by atoms with Gasteiger partial charge >= 0.3 is 0 Å². The molecule has 2 saturated carbocycles.